The van der Waals surface area contributed by atoms with E-state index in [1.54, 1.807) is 48.8 Å². The summed E-state index contributed by atoms with van der Waals surface area (Å²) in [5.74, 6) is 6.94. The second-order valence-corrected chi connectivity index (χ2v) is 8.16. The normalized spacial score (nSPS) is 16.2. The van der Waals surface area contributed by atoms with Crippen LogP contribution in [0.15, 0.2) is 67.0 Å². The molecule has 1 aromatic heterocycles. The van der Waals surface area contributed by atoms with Gasteiger partial charge in [-0.1, -0.05) is 30.0 Å². The molecule has 0 radical (unpaired) electrons. The van der Waals surface area contributed by atoms with E-state index in [1.807, 2.05) is 18.2 Å². The van der Waals surface area contributed by atoms with E-state index in [9.17, 15) is 4.79 Å². The first-order valence-corrected chi connectivity index (χ1v) is 11.6. The SMILES string of the molecule is CC(CCC#Cc1cnc(-c2ccc(OC(=O)c3ccccc3)cc2)nc1)OC1CCCCO1. The first-order valence-electron chi connectivity index (χ1n) is 11.6. The van der Waals surface area contributed by atoms with Crippen molar-refractivity contribution in [2.45, 2.75) is 51.4 Å². The number of aromatic nitrogens is 2. The lowest BCUT2D eigenvalue weighted by Gasteiger charge is -2.25. The van der Waals surface area contributed by atoms with Gasteiger partial charge in [0.05, 0.1) is 17.2 Å². The van der Waals surface area contributed by atoms with Crippen molar-refractivity contribution in [3.8, 4) is 29.0 Å². The van der Waals surface area contributed by atoms with Gasteiger partial charge in [0.15, 0.2) is 12.1 Å². The number of rotatable bonds is 7. The molecule has 6 nitrogen and oxygen atoms in total. The summed E-state index contributed by atoms with van der Waals surface area (Å²) < 4.78 is 16.9. The van der Waals surface area contributed by atoms with Crippen LogP contribution < -0.4 is 4.74 Å². The Labute approximate surface area is 200 Å². The van der Waals surface area contributed by atoms with Gasteiger partial charge in [0.2, 0.25) is 0 Å². The number of carbonyl (C=O) groups excluding carboxylic acids is 1. The van der Waals surface area contributed by atoms with Crippen molar-refractivity contribution in [2.24, 2.45) is 0 Å². The van der Waals surface area contributed by atoms with Crippen LogP contribution in [0.3, 0.4) is 0 Å². The average Bonchev–Trinajstić information content (AvgIpc) is 2.88. The summed E-state index contributed by atoms with van der Waals surface area (Å²) in [6.45, 7) is 2.85. The molecule has 174 valence electrons. The van der Waals surface area contributed by atoms with E-state index >= 15 is 0 Å². The van der Waals surface area contributed by atoms with Crippen LogP contribution in [0.4, 0.5) is 0 Å². The Hall–Kier alpha value is -3.53. The van der Waals surface area contributed by atoms with E-state index in [2.05, 4.69) is 28.7 Å². The Morgan fingerprint density at radius 3 is 2.56 bits per heavy atom. The third kappa shape index (κ3) is 6.98. The predicted molar refractivity (Wildman–Crippen MR) is 129 cm³/mol. The molecular formula is C28H28N2O4. The number of carbonyl (C=O) groups is 1. The minimum atomic E-state index is -0.393. The molecule has 3 aromatic rings. The monoisotopic (exact) mass is 456 g/mol. The second-order valence-electron chi connectivity index (χ2n) is 8.16. The highest BCUT2D eigenvalue weighted by Crippen LogP contribution is 2.20. The van der Waals surface area contributed by atoms with Gasteiger partial charge in [-0.2, -0.15) is 0 Å². The highest BCUT2D eigenvalue weighted by molar-refractivity contribution is 5.91. The maximum Gasteiger partial charge on any atom is 0.343 e. The number of nitrogens with zero attached hydrogens (tertiary/aromatic N) is 2. The third-order valence-electron chi connectivity index (χ3n) is 5.41. The summed E-state index contributed by atoms with van der Waals surface area (Å²) in [5.41, 5.74) is 2.10. The minimum absolute atomic E-state index is 0.0670. The summed E-state index contributed by atoms with van der Waals surface area (Å²) in [6, 6.07) is 16.0. The van der Waals surface area contributed by atoms with Gasteiger partial charge in [0.25, 0.3) is 0 Å². The number of esters is 1. The summed E-state index contributed by atoms with van der Waals surface area (Å²) in [5, 5.41) is 0. The fourth-order valence-electron chi connectivity index (χ4n) is 3.54. The molecule has 1 saturated heterocycles. The van der Waals surface area contributed by atoms with Crippen molar-refractivity contribution < 1.29 is 19.0 Å². The fourth-order valence-corrected chi connectivity index (χ4v) is 3.54. The maximum absolute atomic E-state index is 12.2. The Balaban J connectivity index is 1.26. The Morgan fingerprint density at radius 2 is 1.85 bits per heavy atom. The highest BCUT2D eigenvalue weighted by Gasteiger charge is 2.16. The van der Waals surface area contributed by atoms with Crippen molar-refractivity contribution in [3.05, 3.63) is 78.1 Å². The van der Waals surface area contributed by atoms with E-state index in [4.69, 9.17) is 14.2 Å². The Kier molecular flexibility index (Phi) is 8.39. The van der Waals surface area contributed by atoms with E-state index in [1.165, 1.54) is 6.42 Å². The van der Waals surface area contributed by atoms with E-state index < -0.39 is 5.97 Å². The van der Waals surface area contributed by atoms with Crippen LogP contribution in [0.1, 0.15) is 54.9 Å². The molecule has 4 rings (SSSR count). The van der Waals surface area contributed by atoms with Crippen LogP contribution in [-0.4, -0.2) is 34.9 Å². The summed E-state index contributed by atoms with van der Waals surface area (Å²) in [6.07, 6.45) is 8.33. The van der Waals surface area contributed by atoms with E-state index in [0.29, 0.717) is 17.1 Å². The van der Waals surface area contributed by atoms with E-state index in [-0.39, 0.29) is 12.4 Å². The quantitative estimate of drug-likeness (QED) is 0.268. The molecule has 1 fully saturated rings. The molecule has 1 aliphatic heterocycles. The molecule has 34 heavy (non-hydrogen) atoms. The van der Waals surface area contributed by atoms with Gasteiger partial charge in [0, 0.05) is 31.0 Å². The van der Waals surface area contributed by atoms with Gasteiger partial charge in [-0.05, 0) is 69.0 Å². The summed E-state index contributed by atoms with van der Waals surface area (Å²) in [7, 11) is 0. The lowest BCUT2D eigenvalue weighted by atomic mass is 10.2. The smallest absolute Gasteiger partial charge is 0.343 e. The van der Waals surface area contributed by atoms with Gasteiger partial charge >= 0.3 is 5.97 Å². The van der Waals surface area contributed by atoms with Crippen molar-refractivity contribution >= 4 is 5.97 Å². The first kappa shape index (κ1) is 23.6. The standard InChI is InChI=1S/C28H28N2O4/c1-21(33-26-13-7-8-18-32-26)9-5-6-10-22-19-29-27(30-20-22)23-14-16-25(17-15-23)34-28(31)24-11-3-2-4-12-24/h2-4,11-12,14-17,19-21,26H,5,7-9,13,18H2,1H3. The predicted octanol–water partition coefficient (Wildman–Crippen LogP) is 5.43. The summed E-state index contributed by atoms with van der Waals surface area (Å²) >= 11 is 0. The lowest BCUT2D eigenvalue weighted by molar-refractivity contribution is -0.185. The number of ether oxygens (including phenoxy) is 3. The lowest BCUT2D eigenvalue weighted by Crippen LogP contribution is -2.26. The molecular weight excluding hydrogens is 428 g/mol. The van der Waals surface area contributed by atoms with Crippen molar-refractivity contribution in [2.75, 3.05) is 6.61 Å². The maximum atomic E-state index is 12.2. The molecule has 2 atom stereocenters. The largest absolute Gasteiger partial charge is 0.423 e. The number of hydrogen-bond donors (Lipinski definition) is 0. The molecule has 0 amide bonds. The first-order chi connectivity index (χ1) is 16.7. The van der Waals surface area contributed by atoms with Crippen LogP contribution in [0.2, 0.25) is 0 Å². The summed E-state index contributed by atoms with van der Waals surface area (Å²) in [4.78, 5) is 21.0. The molecule has 0 spiro atoms. The van der Waals surface area contributed by atoms with Crippen LogP contribution in [0, 0.1) is 11.8 Å². The Bertz CT molecular complexity index is 1110. The van der Waals surface area contributed by atoms with E-state index in [0.717, 1.165) is 43.4 Å². The van der Waals surface area contributed by atoms with Crippen LogP contribution in [0.5, 0.6) is 5.75 Å². The third-order valence-corrected chi connectivity index (χ3v) is 5.41. The molecule has 1 aliphatic rings. The fraction of sp³-hybridized carbons (Fsp3) is 0.321. The Morgan fingerprint density at radius 1 is 1.09 bits per heavy atom. The molecule has 0 N–H and O–H groups in total. The van der Waals surface area contributed by atoms with Gasteiger partial charge in [-0.15, -0.1) is 0 Å². The zero-order valence-corrected chi connectivity index (χ0v) is 19.3. The topological polar surface area (TPSA) is 70.5 Å². The van der Waals surface area contributed by atoms with Crippen LogP contribution in [-0.2, 0) is 9.47 Å². The van der Waals surface area contributed by atoms with Crippen molar-refractivity contribution in [3.63, 3.8) is 0 Å². The highest BCUT2D eigenvalue weighted by atomic mass is 16.7. The molecule has 2 heterocycles. The molecule has 0 aliphatic carbocycles. The van der Waals surface area contributed by atoms with Gasteiger partial charge in [0.1, 0.15) is 5.75 Å². The molecule has 0 saturated carbocycles. The second kappa shape index (κ2) is 12.1. The minimum Gasteiger partial charge on any atom is -0.423 e. The van der Waals surface area contributed by atoms with Crippen LogP contribution in [0.25, 0.3) is 11.4 Å². The van der Waals surface area contributed by atoms with Gasteiger partial charge in [-0.3, -0.25) is 0 Å². The zero-order valence-electron chi connectivity index (χ0n) is 19.3. The molecule has 6 heteroatoms. The van der Waals surface area contributed by atoms with Gasteiger partial charge < -0.3 is 14.2 Å². The molecule has 2 unspecified atom stereocenters. The van der Waals surface area contributed by atoms with Gasteiger partial charge in [-0.25, -0.2) is 14.8 Å². The van der Waals surface area contributed by atoms with Crippen molar-refractivity contribution in [1.82, 2.24) is 9.97 Å². The van der Waals surface area contributed by atoms with Crippen LogP contribution >= 0.6 is 0 Å². The average molecular weight is 457 g/mol. The zero-order chi connectivity index (χ0) is 23.6. The molecule has 2 aromatic carbocycles. The number of benzene rings is 2. The molecule has 0 bridgehead atoms. The number of hydrogen-bond acceptors (Lipinski definition) is 6. The van der Waals surface area contributed by atoms with Crippen molar-refractivity contribution in [1.29, 1.82) is 0 Å².